The molecule has 0 bridgehead atoms. The molecule has 1 aliphatic heterocycles. The van der Waals surface area contributed by atoms with Gasteiger partial charge in [-0.2, -0.15) is 0 Å². The molecule has 36 heavy (non-hydrogen) atoms. The number of carbonyl (C=O) groups is 2. The van der Waals surface area contributed by atoms with Gasteiger partial charge in [0, 0.05) is 23.2 Å². The van der Waals surface area contributed by atoms with Gasteiger partial charge in [0.15, 0.2) is 5.76 Å². The Morgan fingerprint density at radius 3 is 2.42 bits per heavy atom. The third kappa shape index (κ3) is 5.78. The lowest BCUT2D eigenvalue weighted by Gasteiger charge is -2.44. The van der Waals surface area contributed by atoms with E-state index in [0.717, 1.165) is 55.6 Å². The Hall–Kier alpha value is -2.79. The minimum Gasteiger partial charge on any atom is -0.482 e. The van der Waals surface area contributed by atoms with Crippen LogP contribution in [0.25, 0.3) is 6.08 Å². The Morgan fingerprint density at radius 1 is 1.00 bits per heavy atom. The van der Waals surface area contributed by atoms with Gasteiger partial charge in [-0.25, -0.2) is 0 Å². The van der Waals surface area contributed by atoms with Crippen molar-refractivity contribution >= 4 is 29.5 Å². The van der Waals surface area contributed by atoms with Crippen LogP contribution in [0.2, 0.25) is 5.02 Å². The van der Waals surface area contributed by atoms with Gasteiger partial charge in [0.25, 0.3) is 11.8 Å². The van der Waals surface area contributed by atoms with Crippen molar-refractivity contribution in [2.24, 2.45) is 5.92 Å². The number of nitrogens with zero attached hydrogens (tertiary/aromatic N) is 1. The van der Waals surface area contributed by atoms with Crippen LogP contribution in [0.4, 0.5) is 0 Å². The lowest BCUT2D eigenvalue weighted by atomic mass is 9.87. The largest absolute Gasteiger partial charge is 0.482 e. The zero-order chi connectivity index (χ0) is 25.1. The number of nitrogens with one attached hydrogen (secondary N) is 1. The Bertz CT molecular complexity index is 1100. The van der Waals surface area contributed by atoms with Gasteiger partial charge < -0.3 is 15.0 Å². The highest BCUT2D eigenvalue weighted by molar-refractivity contribution is 6.30. The van der Waals surface area contributed by atoms with Gasteiger partial charge in [-0.05, 0) is 92.3 Å². The highest BCUT2D eigenvalue weighted by Gasteiger charge is 2.41. The number of halogens is 1. The molecule has 190 valence electrons. The third-order valence-corrected chi connectivity index (χ3v) is 8.16. The van der Waals surface area contributed by atoms with E-state index >= 15 is 0 Å². The van der Waals surface area contributed by atoms with Crippen LogP contribution in [0.3, 0.4) is 0 Å². The first-order valence-corrected chi connectivity index (χ1v) is 13.7. The molecule has 2 unspecified atom stereocenters. The summed E-state index contributed by atoms with van der Waals surface area (Å²) in [5.74, 6) is 1.02. The SMILES string of the molecule is CC1CCC(NC(=O)c2ccc(/C=C3\OC4CCCCC4N(Cc4ccc(Cl)cc4)C3=O)cc2)CC1. The van der Waals surface area contributed by atoms with Gasteiger partial charge >= 0.3 is 0 Å². The molecule has 2 amide bonds. The molecule has 2 atom stereocenters. The van der Waals surface area contributed by atoms with Gasteiger partial charge in [-0.3, -0.25) is 9.59 Å². The van der Waals surface area contributed by atoms with E-state index in [4.69, 9.17) is 16.3 Å². The maximum Gasteiger partial charge on any atom is 0.289 e. The van der Waals surface area contributed by atoms with Gasteiger partial charge in [-0.15, -0.1) is 0 Å². The molecule has 2 aromatic rings. The number of carbonyl (C=O) groups excluding carboxylic acids is 2. The zero-order valence-electron chi connectivity index (χ0n) is 20.9. The molecule has 3 aliphatic rings. The van der Waals surface area contributed by atoms with Crippen LogP contribution in [-0.2, 0) is 16.1 Å². The van der Waals surface area contributed by atoms with E-state index in [1.165, 1.54) is 12.8 Å². The van der Waals surface area contributed by atoms with Crippen molar-refractivity contribution in [1.29, 1.82) is 0 Å². The van der Waals surface area contributed by atoms with Crippen LogP contribution < -0.4 is 5.32 Å². The van der Waals surface area contributed by atoms with Crippen LogP contribution in [0.5, 0.6) is 0 Å². The van der Waals surface area contributed by atoms with Crippen molar-refractivity contribution in [3.63, 3.8) is 0 Å². The number of benzene rings is 2. The first kappa shape index (κ1) is 24.9. The predicted octanol–water partition coefficient (Wildman–Crippen LogP) is 6.36. The molecule has 0 spiro atoms. The van der Waals surface area contributed by atoms with E-state index in [1.807, 2.05) is 59.5 Å². The van der Waals surface area contributed by atoms with Crippen LogP contribution in [-0.4, -0.2) is 34.9 Å². The predicted molar refractivity (Wildman–Crippen MR) is 142 cm³/mol. The van der Waals surface area contributed by atoms with E-state index in [-0.39, 0.29) is 30.0 Å². The van der Waals surface area contributed by atoms with E-state index in [2.05, 4.69) is 12.2 Å². The van der Waals surface area contributed by atoms with E-state index in [1.54, 1.807) is 0 Å². The molecule has 0 radical (unpaired) electrons. The van der Waals surface area contributed by atoms with Gasteiger partial charge in [0.05, 0.1) is 6.04 Å². The Balaban J connectivity index is 1.30. The fourth-order valence-corrected chi connectivity index (χ4v) is 5.83. The average Bonchev–Trinajstić information content (AvgIpc) is 2.89. The van der Waals surface area contributed by atoms with Gasteiger partial charge in [0.2, 0.25) is 0 Å². The zero-order valence-corrected chi connectivity index (χ0v) is 21.7. The third-order valence-electron chi connectivity index (χ3n) is 7.91. The molecule has 1 heterocycles. The van der Waals surface area contributed by atoms with Crippen molar-refractivity contribution in [3.8, 4) is 0 Å². The quantitative estimate of drug-likeness (QED) is 0.480. The lowest BCUT2D eigenvalue weighted by Crippen LogP contribution is -2.54. The van der Waals surface area contributed by atoms with Crippen molar-refractivity contribution < 1.29 is 14.3 Å². The molecular formula is C30H35ClN2O3. The first-order chi connectivity index (χ1) is 17.5. The second-order valence-corrected chi connectivity index (χ2v) is 11.1. The fourth-order valence-electron chi connectivity index (χ4n) is 5.70. The molecule has 1 N–H and O–H groups in total. The normalized spacial score (nSPS) is 27.3. The molecule has 2 saturated carbocycles. The van der Waals surface area contributed by atoms with Crippen molar-refractivity contribution in [2.45, 2.75) is 83.0 Å². The summed E-state index contributed by atoms with van der Waals surface area (Å²) in [5, 5.41) is 3.87. The standard InChI is InChI=1S/C30H35ClN2O3/c1-20-6-16-25(17-7-20)32-29(34)23-12-8-21(9-13-23)18-28-30(35)33(19-22-10-14-24(31)15-11-22)26-4-2-3-5-27(26)36-28/h8-15,18,20,25-27H,2-7,16-17,19H2,1H3,(H,32,34)/b28-18-. The molecule has 0 aromatic heterocycles. The number of hydrogen-bond acceptors (Lipinski definition) is 3. The van der Waals surface area contributed by atoms with E-state index in [0.29, 0.717) is 22.9 Å². The molecule has 2 aliphatic carbocycles. The monoisotopic (exact) mass is 506 g/mol. The summed E-state index contributed by atoms with van der Waals surface area (Å²) in [6.45, 7) is 2.81. The van der Waals surface area contributed by atoms with Crippen LogP contribution in [0.1, 0.15) is 79.8 Å². The van der Waals surface area contributed by atoms with Crippen molar-refractivity contribution in [1.82, 2.24) is 10.2 Å². The van der Waals surface area contributed by atoms with Gasteiger partial charge in [-0.1, -0.05) is 49.2 Å². The molecule has 5 rings (SSSR count). The second kappa shape index (κ2) is 11.1. The summed E-state index contributed by atoms with van der Waals surface area (Å²) in [5.41, 5.74) is 2.55. The fraction of sp³-hybridized carbons (Fsp3) is 0.467. The molecular weight excluding hydrogens is 472 g/mol. The second-order valence-electron chi connectivity index (χ2n) is 10.6. The number of amides is 2. The highest BCUT2D eigenvalue weighted by Crippen LogP contribution is 2.34. The smallest absolute Gasteiger partial charge is 0.289 e. The minimum absolute atomic E-state index is 0.0123. The Morgan fingerprint density at radius 2 is 1.69 bits per heavy atom. The van der Waals surface area contributed by atoms with Crippen molar-refractivity contribution in [2.75, 3.05) is 0 Å². The molecule has 2 aromatic carbocycles. The molecule has 3 fully saturated rings. The van der Waals surface area contributed by atoms with Crippen molar-refractivity contribution in [3.05, 3.63) is 76.0 Å². The van der Waals surface area contributed by atoms with E-state index < -0.39 is 0 Å². The molecule has 1 saturated heterocycles. The van der Waals surface area contributed by atoms with Crippen LogP contribution in [0, 0.1) is 5.92 Å². The summed E-state index contributed by atoms with van der Waals surface area (Å²) < 4.78 is 6.25. The van der Waals surface area contributed by atoms with E-state index in [9.17, 15) is 9.59 Å². The maximum atomic E-state index is 13.5. The summed E-state index contributed by atoms with van der Waals surface area (Å²) >= 11 is 6.06. The summed E-state index contributed by atoms with van der Waals surface area (Å²) in [7, 11) is 0. The molecule has 5 nitrogen and oxygen atoms in total. The number of ether oxygens (including phenoxy) is 1. The highest BCUT2D eigenvalue weighted by atomic mass is 35.5. The first-order valence-electron chi connectivity index (χ1n) is 13.3. The number of fused-ring (bicyclic) bond motifs is 1. The topological polar surface area (TPSA) is 58.6 Å². The Labute approximate surface area is 218 Å². The number of morpholine rings is 1. The number of rotatable bonds is 5. The number of hydrogen-bond donors (Lipinski definition) is 1. The maximum absolute atomic E-state index is 13.5. The lowest BCUT2D eigenvalue weighted by molar-refractivity contribution is -0.149. The minimum atomic E-state index is -0.0820. The molecule has 6 heteroatoms. The van der Waals surface area contributed by atoms with Gasteiger partial charge in [0.1, 0.15) is 6.10 Å². The average molecular weight is 507 g/mol. The van der Waals surface area contributed by atoms with Crippen LogP contribution >= 0.6 is 11.6 Å². The Kier molecular flexibility index (Phi) is 7.66. The van der Waals surface area contributed by atoms with Crippen LogP contribution in [0.15, 0.2) is 54.3 Å². The summed E-state index contributed by atoms with van der Waals surface area (Å²) in [4.78, 5) is 28.2. The summed E-state index contributed by atoms with van der Waals surface area (Å²) in [6.07, 6.45) is 10.4. The summed E-state index contributed by atoms with van der Waals surface area (Å²) in [6, 6.07) is 15.5.